The molecule has 1 fully saturated rings. The lowest BCUT2D eigenvalue weighted by molar-refractivity contribution is -0.123. The monoisotopic (exact) mass is 377 g/mol. The molecule has 8 heteroatoms. The molecule has 0 unspecified atom stereocenters. The molecule has 1 atom stereocenters. The van der Waals surface area contributed by atoms with Gasteiger partial charge in [-0.3, -0.25) is 4.79 Å². The Labute approximate surface area is 156 Å². The van der Waals surface area contributed by atoms with Gasteiger partial charge in [0.05, 0.1) is 12.5 Å². The summed E-state index contributed by atoms with van der Waals surface area (Å²) in [5.74, 6) is 1.51. The molecule has 26 heavy (non-hydrogen) atoms. The molecule has 0 aliphatic carbocycles. The molecule has 3 rings (SSSR count). The van der Waals surface area contributed by atoms with Crippen LogP contribution in [-0.4, -0.2) is 42.5 Å². The highest BCUT2D eigenvalue weighted by atomic mass is 35.5. The van der Waals surface area contributed by atoms with Crippen molar-refractivity contribution in [2.75, 3.05) is 26.4 Å². The Morgan fingerprint density at radius 2 is 2.15 bits per heavy atom. The van der Waals surface area contributed by atoms with Gasteiger partial charge in [-0.25, -0.2) is 0 Å². The van der Waals surface area contributed by atoms with Crippen molar-refractivity contribution in [2.45, 2.75) is 18.8 Å². The van der Waals surface area contributed by atoms with Gasteiger partial charge in [0, 0.05) is 23.7 Å². The molecule has 1 aliphatic heterocycles. The van der Waals surface area contributed by atoms with E-state index in [9.17, 15) is 4.79 Å². The minimum atomic E-state index is -0.220. The van der Waals surface area contributed by atoms with Crippen LogP contribution in [0.15, 0.2) is 35.3 Å². The maximum absolute atomic E-state index is 11.8. The van der Waals surface area contributed by atoms with Crippen molar-refractivity contribution < 1.29 is 18.7 Å². The van der Waals surface area contributed by atoms with E-state index in [4.69, 9.17) is 25.5 Å². The Balaban J connectivity index is 1.37. The fourth-order valence-electron chi connectivity index (χ4n) is 2.46. The van der Waals surface area contributed by atoms with Crippen LogP contribution < -0.4 is 10.1 Å². The summed E-state index contributed by atoms with van der Waals surface area (Å²) in [6, 6.07) is 6.82. The zero-order chi connectivity index (χ0) is 18.4. The van der Waals surface area contributed by atoms with E-state index in [2.05, 4.69) is 22.1 Å². The Bertz CT molecular complexity index is 754. The van der Waals surface area contributed by atoms with Gasteiger partial charge < -0.3 is 19.2 Å². The van der Waals surface area contributed by atoms with Crippen molar-refractivity contribution in [3.63, 3.8) is 0 Å². The van der Waals surface area contributed by atoms with Crippen LogP contribution in [0.3, 0.4) is 0 Å². The highest BCUT2D eigenvalue weighted by molar-refractivity contribution is 6.30. The van der Waals surface area contributed by atoms with Gasteiger partial charge >= 0.3 is 0 Å². The maximum Gasteiger partial charge on any atom is 0.257 e. The molecule has 0 bridgehead atoms. The zero-order valence-electron chi connectivity index (χ0n) is 14.2. The van der Waals surface area contributed by atoms with Crippen molar-refractivity contribution in [2.24, 2.45) is 0 Å². The molecule has 0 spiro atoms. The van der Waals surface area contributed by atoms with Gasteiger partial charge in [-0.05, 0) is 37.1 Å². The predicted octanol–water partition coefficient (Wildman–Crippen LogP) is 2.83. The van der Waals surface area contributed by atoms with Gasteiger partial charge in [0.25, 0.3) is 5.91 Å². The number of hydrogen-bond acceptors (Lipinski definition) is 6. The average molecular weight is 378 g/mol. The van der Waals surface area contributed by atoms with Gasteiger partial charge in [-0.1, -0.05) is 18.2 Å². The van der Waals surface area contributed by atoms with E-state index in [0.717, 1.165) is 6.42 Å². The molecule has 0 saturated carbocycles. The number of carbonyl (C=O) groups excluding carboxylic acids is 1. The smallest absolute Gasteiger partial charge is 0.257 e. The van der Waals surface area contributed by atoms with E-state index in [1.807, 2.05) is 0 Å². The van der Waals surface area contributed by atoms with Crippen molar-refractivity contribution in [1.29, 1.82) is 0 Å². The molecular formula is C18H20ClN3O4. The molecule has 1 aromatic heterocycles. The summed E-state index contributed by atoms with van der Waals surface area (Å²) in [6.07, 6.45) is 1.40. The lowest BCUT2D eigenvalue weighted by atomic mass is 10.1. The van der Waals surface area contributed by atoms with Gasteiger partial charge in [0.15, 0.2) is 6.61 Å². The number of ether oxygens (including phenoxy) is 2. The summed E-state index contributed by atoms with van der Waals surface area (Å²) >= 11 is 5.79. The largest absolute Gasteiger partial charge is 0.484 e. The first-order valence-corrected chi connectivity index (χ1v) is 8.74. The van der Waals surface area contributed by atoms with Gasteiger partial charge in [0.2, 0.25) is 11.8 Å². The highest BCUT2D eigenvalue weighted by Crippen LogP contribution is 2.25. The summed E-state index contributed by atoms with van der Waals surface area (Å²) in [7, 11) is 0. The van der Waals surface area contributed by atoms with Crippen LogP contribution in [0.1, 0.15) is 30.5 Å². The van der Waals surface area contributed by atoms with Crippen LogP contribution in [0.25, 0.3) is 5.57 Å². The average Bonchev–Trinajstić information content (AvgIpc) is 3.32. The summed E-state index contributed by atoms with van der Waals surface area (Å²) in [6.45, 7) is 5.61. The van der Waals surface area contributed by atoms with E-state index in [-0.39, 0.29) is 18.4 Å². The summed E-state index contributed by atoms with van der Waals surface area (Å²) in [4.78, 5) is 11.8. The standard InChI is InChI=1S/C18H20ClN3O4/c1-12(17-21-22-18(26-17)13-7-9-24-10-13)6-8-20-16(23)11-25-15-4-2-14(19)3-5-15/h2-5,13H,1,6-11H2,(H,20,23)/t13-/m0/s1. The quantitative estimate of drug-likeness (QED) is 0.761. The van der Waals surface area contributed by atoms with Crippen LogP contribution >= 0.6 is 11.6 Å². The lowest BCUT2D eigenvalue weighted by Crippen LogP contribution is -2.29. The molecule has 1 N–H and O–H groups in total. The SMILES string of the molecule is C=C(CCNC(=O)COc1ccc(Cl)cc1)c1nnc([C@H]2CCOC2)o1. The van der Waals surface area contributed by atoms with Crippen LogP contribution in [0, 0.1) is 0 Å². The first-order chi connectivity index (χ1) is 12.6. The van der Waals surface area contributed by atoms with E-state index in [1.165, 1.54) is 0 Å². The number of halogens is 1. The van der Waals surface area contributed by atoms with Crippen LogP contribution in [-0.2, 0) is 9.53 Å². The van der Waals surface area contributed by atoms with Crippen LogP contribution in [0.4, 0.5) is 0 Å². The second kappa shape index (κ2) is 8.82. The van der Waals surface area contributed by atoms with Crippen LogP contribution in [0.5, 0.6) is 5.75 Å². The van der Waals surface area contributed by atoms with Crippen molar-refractivity contribution >= 4 is 23.1 Å². The third kappa shape index (κ3) is 5.06. The molecule has 0 radical (unpaired) electrons. The van der Waals surface area contributed by atoms with E-state index >= 15 is 0 Å². The van der Waals surface area contributed by atoms with Crippen molar-refractivity contribution in [1.82, 2.24) is 15.5 Å². The van der Waals surface area contributed by atoms with Crippen molar-refractivity contribution in [3.05, 3.63) is 47.6 Å². The highest BCUT2D eigenvalue weighted by Gasteiger charge is 2.24. The van der Waals surface area contributed by atoms with Crippen LogP contribution in [0.2, 0.25) is 5.02 Å². The second-order valence-corrected chi connectivity index (χ2v) is 6.39. The minimum Gasteiger partial charge on any atom is -0.484 e. The molecule has 7 nitrogen and oxygen atoms in total. The molecule has 1 amide bonds. The zero-order valence-corrected chi connectivity index (χ0v) is 15.0. The number of nitrogens with zero attached hydrogens (tertiary/aromatic N) is 2. The maximum atomic E-state index is 11.8. The molecule has 2 heterocycles. The van der Waals surface area contributed by atoms with Gasteiger partial charge in [-0.15, -0.1) is 10.2 Å². The van der Waals surface area contributed by atoms with Gasteiger partial charge in [0.1, 0.15) is 5.75 Å². The fourth-order valence-corrected chi connectivity index (χ4v) is 2.59. The number of hydrogen-bond donors (Lipinski definition) is 1. The molecule has 1 aromatic carbocycles. The topological polar surface area (TPSA) is 86.5 Å². The Morgan fingerprint density at radius 3 is 2.88 bits per heavy atom. The van der Waals surface area contributed by atoms with Crippen molar-refractivity contribution in [3.8, 4) is 5.75 Å². The lowest BCUT2D eigenvalue weighted by Gasteiger charge is -2.07. The summed E-state index contributed by atoms with van der Waals surface area (Å²) in [5, 5.41) is 11.5. The van der Waals surface area contributed by atoms with E-state index < -0.39 is 0 Å². The number of amides is 1. The first kappa shape index (κ1) is 18.4. The summed E-state index contributed by atoms with van der Waals surface area (Å²) in [5.41, 5.74) is 0.682. The second-order valence-electron chi connectivity index (χ2n) is 5.95. The number of benzene rings is 1. The molecule has 1 saturated heterocycles. The third-order valence-electron chi connectivity index (χ3n) is 3.95. The predicted molar refractivity (Wildman–Crippen MR) is 96.1 cm³/mol. The minimum absolute atomic E-state index is 0.0690. The third-order valence-corrected chi connectivity index (χ3v) is 4.21. The number of rotatable bonds is 8. The fraction of sp³-hybridized carbons (Fsp3) is 0.389. The Hall–Kier alpha value is -2.38. The first-order valence-electron chi connectivity index (χ1n) is 8.36. The normalized spacial score (nSPS) is 16.4. The molecule has 2 aromatic rings. The van der Waals surface area contributed by atoms with E-state index in [1.54, 1.807) is 24.3 Å². The molecular weight excluding hydrogens is 358 g/mol. The van der Waals surface area contributed by atoms with E-state index in [0.29, 0.717) is 54.3 Å². The number of carbonyl (C=O) groups is 1. The number of nitrogens with one attached hydrogen (secondary N) is 1. The van der Waals surface area contributed by atoms with Gasteiger partial charge in [-0.2, -0.15) is 0 Å². The molecule has 138 valence electrons. The number of aromatic nitrogens is 2. The Morgan fingerprint density at radius 1 is 1.35 bits per heavy atom. The summed E-state index contributed by atoms with van der Waals surface area (Å²) < 4.78 is 16.3. The molecule has 1 aliphatic rings. The Kier molecular flexibility index (Phi) is 6.25.